The van der Waals surface area contributed by atoms with Gasteiger partial charge in [-0.3, -0.25) is 0 Å². The van der Waals surface area contributed by atoms with Crippen LogP contribution in [0.4, 0.5) is 0 Å². The van der Waals surface area contributed by atoms with Gasteiger partial charge in [-0.1, -0.05) is 30.7 Å². The molecule has 0 aromatic carbocycles. The summed E-state index contributed by atoms with van der Waals surface area (Å²) >= 11 is 1.60. The highest BCUT2D eigenvalue weighted by atomic mass is 32.2. The zero-order valence-corrected chi connectivity index (χ0v) is 13.4. The molecule has 116 valence electrons. The Bertz CT molecular complexity index is 868. The summed E-state index contributed by atoms with van der Waals surface area (Å²) in [4.78, 5) is 0. The van der Waals surface area contributed by atoms with Crippen LogP contribution in [0.5, 0.6) is 0 Å². The zero-order valence-electron chi connectivity index (χ0n) is 12.6. The number of rotatable bonds is 4. The lowest BCUT2D eigenvalue weighted by Gasteiger charge is -2.10. The first-order valence-electron chi connectivity index (χ1n) is 7.76. The van der Waals surface area contributed by atoms with E-state index in [4.69, 9.17) is 0 Å². The Labute approximate surface area is 138 Å². The minimum Gasteiger partial charge on any atom is -0.322 e. The molecule has 0 radical (unpaired) electrons. The summed E-state index contributed by atoms with van der Waals surface area (Å²) < 4.78 is 3.95. The van der Waals surface area contributed by atoms with Crippen molar-refractivity contribution < 1.29 is 0 Å². The molecule has 0 unspecified atom stereocenters. The van der Waals surface area contributed by atoms with Crippen LogP contribution in [-0.4, -0.2) is 24.6 Å². The first-order chi connectivity index (χ1) is 11.4. The molecule has 4 rings (SSSR count). The number of fused-ring (bicyclic) bond motifs is 1. The van der Waals surface area contributed by atoms with Crippen LogP contribution in [0.15, 0.2) is 35.7 Å². The molecule has 23 heavy (non-hydrogen) atoms. The average Bonchev–Trinajstić information content (AvgIpc) is 3.30. The fraction of sp³-hybridized carbons (Fsp3) is 0.375. The maximum Gasteiger partial charge on any atom is 0.209 e. The van der Waals surface area contributed by atoms with Gasteiger partial charge in [0, 0.05) is 18.1 Å². The molecule has 7 heteroatoms. The van der Waals surface area contributed by atoms with Crippen LogP contribution in [0, 0.1) is 11.3 Å². The molecule has 6 nitrogen and oxygen atoms in total. The van der Waals surface area contributed by atoms with Gasteiger partial charge in [0.15, 0.2) is 0 Å². The second kappa shape index (κ2) is 6.05. The van der Waals surface area contributed by atoms with E-state index in [0.29, 0.717) is 11.8 Å². The summed E-state index contributed by atoms with van der Waals surface area (Å²) in [5, 5.41) is 22.5. The van der Waals surface area contributed by atoms with Gasteiger partial charge in [0.05, 0.1) is 17.1 Å². The molecular formula is C16H16N6S. The Morgan fingerprint density at radius 2 is 2.17 bits per heavy atom. The monoisotopic (exact) mass is 324 g/mol. The molecule has 0 atom stereocenters. The quantitative estimate of drug-likeness (QED) is 0.689. The molecule has 1 saturated carbocycles. The van der Waals surface area contributed by atoms with Gasteiger partial charge in [0.2, 0.25) is 5.16 Å². The first kappa shape index (κ1) is 14.3. The Morgan fingerprint density at radius 3 is 3.00 bits per heavy atom. The van der Waals surface area contributed by atoms with Crippen molar-refractivity contribution in [3.05, 3.63) is 41.7 Å². The van der Waals surface area contributed by atoms with Crippen molar-refractivity contribution in [2.75, 3.05) is 0 Å². The van der Waals surface area contributed by atoms with E-state index in [1.165, 1.54) is 12.8 Å². The fourth-order valence-electron chi connectivity index (χ4n) is 3.22. The lowest BCUT2D eigenvalue weighted by molar-refractivity contribution is 0.423. The second-order valence-corrected chi connectivity index (χ2v) is 6.71. The molecule has 0 amide bonds. The van der Waals surface area contributed by atoms with Gasteiger partial charge < -0.3 is 4.40 Å². The molecule has 1 aliphatic rings. The van der Waals surface area contributed by atoms with E-state index in [-0.39, 0.29) is 0 Å². The van der Waals surface area contributed by atoms with Crippen LogP contribution in [-0.2, 0) is 5.75 Å². The number of aromatic nitrogens is 5. The molecule has 0 N–H and O–H groups in total. The summed E-state index contributed by atoms with van der Waals surface area (Å²) in [5.74, 6) is 0.692. The summed E-state index contributed by atoms with van der Waals surface area (Å²) in [7, 11) is 0. The van der Waals surface area contributed by atoms with Crippen molar-refractivity contribution in [1.82, 2.24) is 24.6 Å². The second-order valence-electron chi connectivity index (χ2n) is 5.77. The van der Waals surface area contributed by atoms with Gasteiger partial charge in [-0.25, -0.2) is 4.68 Å². The van der Waals surface area contributed by atoms with E-state index < -0.39 is 0 Å². The molecule has 0 saturated heterocycles. The van der Waals surface area contributed by atoms with Crippen LogP contribution >= 0.6 is 11.8 Å². The summed E-state index contributed by atoms with van der Waals surface area (Å²) in [6.07, 6.45) is 8.78. The van der Waals surface area contributed by atoms with Crippen molar-refractivity contribution in [3.63, 3.8) is 0 Å². The van der Waals surface area contributed by atoms with Gasteiger partial charge in [-0.05, 0) is 41.0 Å². The third-order valence-electron chi connectivity index (χ3n) is 4.36. The Kier molecular flexibility index (Phi) is 3.75. The molecule has 0 bridgehead atoms. The van der Waals surface area contributed by atoms with Crippen LogP contribution in [0.1, 0.15) is 42.9 Å². The molecule has 3 aromatic rings. The minimum atomic E-state index is 0.427. The number of tetrazole rings is 1. The highest BCUT2D eigenvalue weighted by Gasteiger charge is 2.22. The van der Waals surface area contributed by atoms with Crippen molar-refractivity contribution in [2.45, 2.75) is 42.6 Å². The predicted octanol–water partition coefficient (Wildman–Crippen LogP) is 3.20. The van der Waals surface area contributed by atoms with E-state index in [0.717, 1.165) is 34.6 Å². The van der Waals surface area contributed by atoms with Crippen LogP contribution < -0.4 is 0 Å². The number of pyridine rings is 1. The summed E-state index contributed by atoms with van der Waals surface area (Å²) in [6, 6.07) is 8.64. The highest BCUT2D eigenvalue weighted by Crippen LogP contribution is 2.33. The van der Waals surface area contributed by atoms with E-state index in [1.807, 2.05) is 39.7 Å². The molecule has 1 aliphatic carbocycles. The van der Waals surface area contributed by atoms with E-state index in [9.17, 15) is 5.26 Å². The summed E-state index contributed by atoms with van der Waals surface area (Å²) in [5.41, 5.74) is 2.70. The van der Waals surface area contributed by atoms with Crippen LogP contribution in [0.25, 0.3) is 5.52 Å². The predicted molar refractivity (Wildman–Crippen MR) is 87.0 cm³/mol. The van der Waals surface area contributed by atoms with Gasteiger partial charge >= 0.3 is 0 Å². The molecule has 3 heterocycles. The molecule has 0 spiro atoms. The standard InChI is InChI=1S/C16H16N6S/c17-9-14-12(10-21-8-4-3-7-15(14)21)11-23-16-18-19-20-22(16)13-5-1-2-6-13/h3-4,7-8,10,13H,1-2,5-6,11H2. The average molecular weight is 324 g/mol. The van der Waals surface area contributed by atoms with Crippen molar-refractivity contribution in [1.29, 1.82) is 5.26 Å². The number of hydrogen-bond acceptors (Lipinski definition) is 5. The van der Waals surface area contributed by atoms with Gasteiger partial charge in [-0.2, -0.15) is 5.26 Å². The topological polar surface area (TPSA) is 71.8 Å². The van der Waals surface area contributed by atoms with Crippen molar-refractivity contribution in [2.24, 2.45) is 0 Å². The summed E-state index contributed by atoms with van der Waals surface area (Å²) in [6.45, 7) is 0. The maximum atomic E-state index is 9.47. The first-order valence-corrected chi connectivity index (χ1v) is 8.74. The normalized spacial score (nSPS) is 15.3. The molecular weight excluding hydrogens is 308 g/mol. The lowest BCUT2D eigenvalue weighted by atomic mass is 10.2. The minimum absolute atomic E-state index is 0.427. The van der Waals surface area contributed by atoms with E-state index in [1.54, 1.807) is 11.8 Å². The molecule has 1 fully saturated rings. The van der Waals surface area contributed by atoms with Gasteiger partial charge in [0.1, 0.15) is 6.07 Å². The Morgan fingerprint density at radius 1 is 1.30 bits per heavy atom. The lowest BCUT2D eigenvalue weighted by Crippen LogP contribution is -2.08. The zero-order chi connectivity index (χ0) is 15.6. The van der Waals surface area contributed by atoms with Crippen molar-refractivity contribution in [3.8, 4) is 6.07 Å². The maximum absolute atomic E-state index is 9.47. The fourth-order valence-corrected chi connectivity index (χ4v) is 4.13. The Balaban J connectivity index is 1.58. The number of thioether (sulfide) groups is 1. The number of nitrogens with zero attached hydrogens (tertiary/aromatic N) is 6. The van der Waals surface area contributed by atoms with E-state index in [2.05, 4.69) is 21.6 Å². The van der Waals surface area contributed by atoms with Crippen LogP contribution in [0.3, 0.4) is 0 Å². The number of nitriles is 1. The smallest absolute Gasteiger partial charge is 0.209 e. The van der Waals surface area contributed by atoms with Gasteiger partial charge in [0.25, 0.3) is 0 Å². The molecule has 0 aliphatic heterocycles. The third-order valence-corrected chi connectivity index (χ3v) is 5.35. The molecule has 3 aromatic heterocycles. The SMILES string of the molecule is N#Cc1c(CSc2nnnn2C2CCCC2)cn2ccccc12. The largest absolute Gasteiger partial charge is 0.322 e. The highest BCUT2D eigenvalue weighted by molar-refractivity contribution is 7.98. The Hall–Kier alpha value is -2.33. The van der Waals surface area contributed by atoms with E-state index >= 15 is 0 Å². The third kappa shape index (κ3) is 2.59. The van der Waals surface area contributed by atoms with Crippen molar-refractivity contribution >= 4 is 17.3 Å². The van der Waals surface area contributed by atoms with Crippen LogP contribution in [0.2, 0.25) is 0 Å². The number of hydrogen-bond donors (Lipinski definition) is 0. The van der Waals surface area contributed by atoms with Gasteiger partial charge in [-0.15, -0.1) is 5.10 Å².